The molecule has 2 aliphatic rings. The highest BCUT2D eigenvalue weighted by atomic mass is 14.8. The summed E-state index contributed by atoms with van der Waals surface area (Å²) < 4.78 is 0. The fourth-order valence-corrected chi connectivity index (χ4v) is 3.25. The van der Waals surface area contributed by atoms with Gasteiger partial charge in [0, 0.05) is 11.6 Å². The second kappa shape index (κ2) is 4.06. The summed E-state index contributed by atoms with van der Waals surface area (Å²) in [4.78, 5) is 4.97. The van der Waals surface area contributed by atoms with Crippen LogP contribution in [0.3, 0.4) is 0 Å². The molecule has 1 aliphatic heterocycles. The van der Waals surface area contributed by atoms with Crippen LogP contribution in [0.2, 0.25) is 0 Å². The molecule has 19 heavy (non-hydrogen) atoms. The normalized spacial score (nSPS) is 20.3. The Balaban J connectivity index is 2.32. The van der Waals surface area contributed by atoms with Gasteiger partial charge in [-0.25, -0.2) is 0 Å². The maximum absolute atomic E-state index is 4.97. The molecule has 0 N–H and O–H groups in total. The van der Waals surface area contributed by atoms with Crippen molar-refractivity contribution in [2.24, 2.45) is 4.99 Å². The van der Waals surface area contributed by atoms with Crippen molar-refractivity contribution < 1.29 is 0 Å². The standard InChI is InChI=1S/C14H17B4N/c1-5-6(2)11(17)14-9(10(5)16)7-3-4-8(15)12(18)13(7)19-14/h3-4,7H,15-18H2,1-2H3. The van der Waals surface area contributed by atoms with Crippen molar-refractivity contribution in [3.05, 3.63) is 39.8 Å². The Labute approximate surface area is 118 Å². The third kappa shape index (κ3) is 1.57. The summed E-state index contributed by atoms with van der Waals surface area (Å²) in [6, 6.07) is 0. The van der Waals surface area contributed by atoms with E-state index < -0.39 is 0 Å². The monoisotopic (exact) mass is 243 g/mol. The van der Waals surface area contributed by atoms with E-state index in [4.69, 9.17) is 4.99 Å². The predicted molar refractivity (Wildman–Crippen MR) is 95.4 cm³/mol. The molecule has 0 saturated heterocycles. The first-order chi connectivity index (χ1) is 8.93. The molecule has 0 amide bonds. The Morgan fingerprint density at radius 3 is 2.32 bits per heavy atom. The Morgan fingerprint density at radius 2 is 1.63 bits per heavy atom. The van der Waals surface area contributed by atoms with Crippen molar-refractivity contribution in [1.29, 1.82) is 0 Å². The molecular weight excluding hydrogens is 225 g/mol. The Morgan fingerprint density at radius 1 is 1.00 bits per heavy atom. The van der Waals surface area contributed by atoms with Gasteiger partial charge in [0.15, 0.2) is 0 Å². The lowest BCUT2D eigenvalue weighted by molar-refractivity contribution is 1.18. The summed E-state index contributed by atoms with van der Waals surface area (Å²) in [6.07, 6.45) is 4.56. The first-order valence-electron chi connectivity index (χ1n) is 6.98. The maximum Gasteiger partial charge on any atom is 0.142 e. The van der Waals surface area contributed by atoms with Crippen LogP contribution in [0.5, 0.6) is 0 Å². The molecule has 0 fully saturated rings. The fraction of sp³-hybridized carbons (Fsp3) is 0.214. The number of rotatable bonds is 0. The molecule has 1 aliphatic carbocycles. The van der Waals surface area contributed by atoms with Gasteiger partial charge >= 0.3 is 0 Å². The molecule has 1 heterocycles. The predicted octanol–water partition coefficient (Wildman–Crippen LogP) is -1.96. The number of hydrogen-bond donors (Lipinski definition) is 0. The van der Waals surface area contributed by atoms with Gasteiger partial charge in [0.1, 0.15) is 31.4 Å². The van der Waals surface area contributed by atoms with Crippen LogP contribution in [0, 0.1) is 13.8 Å². The summed E-state index contributed by atoms with van der Waals surface area (Å²) >= 11 is 0. The van der Waals surface area contributed by atoms with Crippen molar-refractivity contribution in [1.82, 2.24) is 0 Å². The zero-order valence-corrected chi connectivity index (χ0v) is 12.7. The van der Waals surface area contributed by atoms with E-state index in [0.29, 0.717) is 5.92 Å². The van der Waals surface area contributed by atoms with Crippen LogP contribution >= 0.6 is 0 Å². The molecule has 0 radical (unpaired) electrons. The molecule has 1 unspecified atom stereocenters. The highest BCUT2D eigenvalue weighted by molar-refractivity contribution is 6.48. The summed E-state index contributed by atoms with van der Waals surface area (Å²) in [5, 5.41) is 0. The second-order valence-electron chi connectivity index (χ2n) is 5.90. The van der Waals surface area contributed by atoms with E-state index in [1.165, 1.54) is 50.0 Å². The molecule has 1 nitrogen and oxygen atoms in total. The van der Waals surface area contributed by atoms with Crippen LogP contribution in [0.25, 0.3) is 0 Å². The molecule has 0 spiro atoms. The number of nitrogens with zero attached hydrogens (tertiary/aromatic N) is 1. The summed E-state index contributed by atoms with van der Waals surface area (Å²) in [7, 11) is 8.82. The van der Waals surface area contributed by atoms with E-state index in [2.05, 4.69) is 57.4 Å². The minimum atomic E-state index is 0.372. The van der Waals surface area contributed by atoms with E-state index >= 15 is 0 Å². The molecule has 0 aromatic heterocycles. The molecule has 1 atom stereocenters. The van der Waals surface area contributed by atoms with Gasteiger partial charge in [-0.15, -0.1) is 0 Å². The van der Waals surface area contributed by atoms with E-state index in [9.17, 15) is 0 Å². The Bertz CT molecular complexity index is 698. The van der Waals surface area contributed by atoms with E-state index in [1.807, 2.05) is 0 Å². The molecule has 3 rings (SSSR count). The van der Waals surface area contributed by atoms with Crippen LogP contribution in [-0.4, -0.2) is 37.1 Å². The average molecular weight is 243 g/mol. The second-order valence-corrected chi connectivity index (χ2v) is 5.90. The lowest BCUT2D eigenvalue weighted by Gasteiger charge is -2.21. The Hall–Kier alpha value is -1.37. The number of hydrogen-bond acceptors (Lipinski definition) is 1. The van der Waals surface area contributed by atoms with Crippen molar-refractivity contribution in [2.75, 3.05) is 0 Å². The number of aliphatic imine (C=N–C) groups is 1. The van der Waals surface area contributed by atoms with Crippen LogP contribution in [0.1, 0.15) is 22.6 Å². The van der Waals surface area contributed by atoms with Gasteiger partial charge in [0.05, 0.1) is 5.69 Å². The molecular formula is C14H17B4N. The fourth-order valence-electron chi connectivity index (χ4n) is 3.25. The highest BCUT2D eigenvalue weighted by Gasteiger charge is 2.31. The SMILES string of the molecule is BC1=C(B)C2=Nc3c(B)c(C)c(C)c(B)c3C2C=C1. The minimum Gasteiger partial charge on any atom is -0.253 e. The summed E-state index contributed by atoms with van der Waals surface area (Å²) in [5.41, 5.74) is 12.2. The van der Waals surface area contributed by atoms with Crippen molar-refractivity contribution in [2.45, 2.75) is 19.8 Å². The lowest BCUT2D eigenvalue weighted by atomic mass is 9.68. The van der Waals surface area contributed by atoms with Gasteiger partial charge in [0.2, 0.25) is 0 Å². The molecule has 1 aromatic carbocycles. The zero-order valence-electron chi connectivity index (χ0n) is 12.7. The third-order valence-corrected chi connectivity index (χ3v) is 5.05. The summed E-state index contributed by atoms with van der Waals surface area (Å²) in [6.45, 7) is 4.44. The lowest BCUT2D eigenvalue weighted by Crippen LogP contribution is -2.26. The topological polar surface area (TPSA) is 12.4 Å². The smallest absolute Gasteiger partial charge is 0.142 e. The van der Waals surface area contributed by atoms with Gasteiger partial charge in [0.25, 0.3) is 0 Å². The van der Waals surface area contributed by atoms with Gasteiger partial charge in [-0.2, -0.15) is 0 Å². The zero-order chi connectivity index (χ0) is 13.9. The van der Waals surface area contributed by atoms with Crippen LogP contribution in [0.4, 0.5) is 5.69 Å². The van der Waals surface area contributed by atoms with Gasteiger partial charge < -0.3 is 0 Å². The first-order valence-corrected chi connectivity index (χ1v) is 6.98. The first kappa shape index (κ1) is 12.7. The molecule has 5 heteroatoms. The van der Waals surface area contributed by atoms with Crippen molar-refractivity contribution in [3.8, 4) is 0 Å². The van der Waals surface area contributed by atoms with E-state index in [1.54, 1.807) is 0 Å². The molecule has 1 aromatic rings. The maximum atomic E-state index is 4.97. The molecule has 0 bridgehead atoms. The average Bonchev–Trinajstić information content (AvgIpc) is 2.78. The van der Waals surface area contributed by atoms with Crippen LogP contribution in [-0.2, 0) is 0 Å². The van der Waals surface area contributed by atoms with Gasteiger partial charge in [-0.3, -0.25) is 4.99 Å². The third-order valence-electron chi connectivity index (χ3n) is 5.05. The van der Waals surface area contributed by atoms with Crippen molar-refractivity contribution >= 4 is 53.7 Å². The Kier molecular flexibility index (Phi) is 2.70. The number of fused-ring (bicyclic) bond motifs is 3. The van der Waals surface area contributed by atoms with E-state index in [0.717, 1.165) is 0 Å². The van der Waals surface area contributed by atoms with Crippen molar-refractivity contribution in [3.63, 3.8) is 0 Å². The largest absolute Gasteiger partial charge is 0.253 e. The van der Waals surface area contributed by atoms with E-state index in [-0.39, 0.29) is 0 Å². The summed E-state index contributed by atoms with van der Waals surface area (Å²) in [5.74, 6) is 0.372. The molecule has 0 saturated carbocycles. The van der Waals surface area contributed by atoms with Gasteiger partial charge in [-0.1, -0.05) is 45.1 Å². The molecule has 90 valence electrons. The highest BCUT2D eigenvalue weighted by Crippen LogP contribution is 2.39. The number of benzene rings is 1. The quantitative estimate of drug-likeness (QED) is 0.469. The number of allylic oxidation sites excluding steroid dienone is 4. The minimum absolute atomic E-state index is 0.372. The van der Waals surface area contributed by atoms with Gasteiger partial charge in [-0.05, 0) is 19.4 Å². The van der Waals surface area contributed by atoms with Crippen LogP contribution < -0.4 is 10.9 Å². The van der Waals surface area contributed by atoms with Crippen LogP contribution in [0.15, 0.2) is 28.1 Å².